The SMILES string of the molecule is CC(C)(C)CC(=O)Nc1ccc(Cl)c(C(=O)N2CCCC2CC(=O)O)c1. The van der Waals surface area contributed by atoms with Crippen LogP contribution in [0.4, 0.5) is 5.69 Å². The summed E-state index contributed by atoms with van der Waals surface area (Å²) >= 11 is 6.19. The Morgan fingerprint density at radius 3 is 2.62 bits per heavy atom. The van der Waals surface area contributed by atoms with E-state index in [-0.39, 0.29) is 40.3 Å². The van der Waals surface area contributed by atoms with Crippen LogP contribution in [-0.2, 0) is 9.59 Å². The normalized spacial score (nSPS) is 17.2. The van der Waals surface area contributed by atoms with Crippen LogP contribution in [-0.4, -0.2) is 40.4 Å². The minimum Gasteiger partial charge on any atom is -0.481 e. The zero-order valence-electron chi connectivity index (χ0n) is 15.3. The molecule has 0 bridgehead atoms. The fourth-order valence-corrected chi connectivity index (χ4v) is 3.32. The number of hydrogen-bond acceptors (Lipinski definition) is 3. The molecule has 142 valence electrons. The Labute approximate surface area is 158 Å². The summed E-state index contributed by atoms with van der Waals surface area (Å²) in [5.41, 5.74) is 0.632. The van der Waals surface area contributed by atoms with Crippen LogP contribution >= 0.6 is 11.6 Å². The molecular weight excluding hydrogens is 356 g/mol. The van der Waals surface area contributed by atoms with Gasteiger partial charge in [-0.05, 0) is 36.5 Å². The van der Waals surface area contributed by atoms with Crippen LogP contribution in [0.2, 0.25) is 5.02 Å². The molecule has 2 amide bonds. The molecule has 1 unspecified atom stereocenters. The molecule has 0 aromatic heterocycles. The second-order valence-electron chi connectivity index (χ2n) is 7.87. The maximum absolute atomic E-state index is 12.9. The smallest absolute Gasteiger partial charge is 0.305 e. The third kappa shape index (κ3) is 5.46. The Balaban J connectivity index is 2.17. The van der Waals surface area contributed by atoms with Crippen molar-refractivity contribution in [2.45, 2.75) is 52.5 Å². The first-order valence-electron chi connectivity index (χ1n) is 8.69. The number of benzene rings is 1. The summed E-state index contributed by atoms with van der Waals surface area (Å²) in [4.78, 5) is 37.6. The molecule has 0 aliphatic carbocycles. The van der Waals surface area contributed by atoms with Crippen molar-refractivity contribution in [2.24, 2.45) is 5.41 Å². The number of nitrogens with one attached hydrogen (secondary N) is 1. The second kappa shape index (κ2) is 8.08. The van der Waals surface area contributed by atoms with Gasteiger partial charge in [0.1, 0.15) is 0 Å². The predicted octanol–water partition coefficient (Wildman–Crippen LogP) is 3.79. The van der Waals surface area contributed by atoms with Gasteiger partial charge in [0.2, 0.25) is 5.91 Å². The largest absolute Gasteiger partial charge is 0.481 e. The number of carbonyl (C=O) groups excluding carboxylic acids is 2. The van der Waals surface area contributed by atoms with Crippen molar-refractivity contribution in [1.82, 2.24) is 4.90 Å². The van der Waals surface area contributed by atoms with E-state index in [4.69, 9.17) is 16.7 Å². The number of amides is 2. The van der Waals surface area contributed by atoms with E-state index in [1.54, 1.807) is 23.1 Å². The number of aliphatic carboxylic acids is 1. The molecule has 1 saturated heterocycles. The van der Waals surface area contributed by atoms with Crippen LogP contribution in [0.5, 0.6) is 0 Å². The molecule has 2 rings (SSSR count). The molecule has 0 saturated carbocycles. The lowest BCUT2D eigenvalue weighted by atomic mass is 9.92. The van der Waals surface area contributed by atoms with Gasteiger partial charge in [0, 0.05) is 24.7 Å². The number of anilines is 1. The zero-order valence-corrected chi connectivity index (χ0v) is 16.1. The second-order valence-corrected chi connectivity index (χ2v) is 8.28. The van der Waals surface area contributed by atoms with Gasteiger partial charge in [-0.2, -0.15) is 0 Å². The first-order valence-corrected chi connectivity index (χ1v) is 9.07. The van der Waals surface area contributed by atoms with Gasteiger partial charge >= 0.3 is 5.97 Å². The lowest BCUT2D eigenvalue weighted by molar-refractivity contribution is -0.138. The Kier molecular flexibility index (Phi) is 6.29. The van der Waals surface area contributed by atoms with Gasteiger partial charge in [0.25, 0.3) is 5.91 Å². The summed E-state index contributed by atoms with van der Waals surface area (Å²) in [5.74, 6) is -1.36. The van der Waals surface area contributed by atoms with E-state index in [0.29, 0.717) is 25.1 Å². The molecule has 1 atom stereocenters. The average molecular weight is 381 g/mol. The number of hydrogen-bond donors (Lipinski definition) is 2. The monoisotopic (exact) mass is 380 g/mol. The van der Waals surface area contributed by atoms with Crippen LogP contribution in [0.25, 0.3) is 0 Å². The lowest BCUT2D eigenvalue weighted by Gasteiger charge is -2.24. The van der Waals surface area contributed by atoms with Crippen LogP contribution in [0.1, 0.15) is 56.8 Å². The van der Waals surface area contributed by atoms with Gasteiger partial charge in [-0.25, -0.2) is 0 Å². The molecule has 1 aliphatic rings. The maximum atomic E-state index is 12.9. The number of rotatable bonds is 5. The zero-order chi connectivity index (χ0) is 19.5. The first-order chi connectivity index (χ1) is 12.1. The summed E-state index contributed by atoms with van der Waals surface area (Å²) in [7, 11) is 0. The minimum atomic E-state index is -0.927. The molecule has 1 aromatic carbocycles. The molecule has 0 spiro atoms. The van der Waals surface area contributed by atoms with Crippen molar-refractivity contribution in [3.63, 3.8) is 0 Å². The molecule has 2 N–H and O–H groups in total. The topological polar surface area (TPSA) is 86.7 Å². The number of nitrogens with zero attached hydrogens (tertiary/aromatic N) is 1. The van der Waals surface area contributed by atoms with E-state index in [1.165, 1.54) is 0 Å². The molecule has 6 nitrogen and oxygen atoms in total. The number of carbonyl (C=O) groups is 3. The highest BCUT2D eigenvalue weighted by Gasteiger charge is 2.32. The molecule has 0 radical (unpaired) electrons. The van der Waals surface area contributed by atoms with E-state index in [0.717, 1.165) is 6.42 Å². The quantitative estimate of drug-likeness (QED) is 0.813. The molecule has 7 heteroatoms. The van der Waals surface area contributed by atoms with E-state index in [1.807, 2.05) is 20.8 Å². The Morgan fingerprint density at radius 1 is 1.31 bits per heavy atom. The molecule has 1 heterocycles. The van der Waals surface area contributed by atoms with E-state index in [2.05, 4.69) is 5.32 Å². The summed E-state index contributed by atoms with van der Waals surface area (Å²) in [6.45, 7) is 6.42. The molecule has 1 fully saturated rings. The fourth-order valence-electron chi connectivity index (χ4n) is 3.13. The Hall–Kier alpha value is -2.08. The summed E-state index contributed by atoms with van der Waals surface area (Å²) in [6, 6.07) is 4.46. The van der Waals surface area contributed by atoms with Crippen molar-refractivity contribution in [3.8, 4) is 0 Å². The number of carboxylic acids is 1. The van der Waals surface area contributed by atoms with Gasteiger partial charge in [-0.1, -0.05) is 32.4 Å². The van der Waals surface area contributed by atoms with Gasteiger partial charge < -0.3 is 15.3 Å². The molecule has 1 aliphatic heterocycles. The third-order valence-electron chi connectivity index (χ3n) is 4.22. The molecule has 1 aromatic rings. The fraction of sp³-hybridized carbons (Fsp3) is 0.526. The summed E-state index contributed by atoms with van der Waals surface area (Å²) < 4.78 is 0. The predicted molar refractivity (Wildman–Crippen MR) is 100 cm³/mol. The van der Waals surface area contributed by atoms with Crippen LogP contribution in [0.15, 0.2) is 18.2 Å². The van der Waals surface area contributed by atoms with Gasteiger partial charge in [0.05, 0.1) is 17.0 Å². The molecule has 26 heavy (non-hydrogen) atoms. The summed E-state index contributed by atoms with van der Waals surface area (Å²) in [6.07, 6.45) is 1.71. The highest BCUT2D eigenvalue weighted by molar-refractivity contribution is 6.34. The van der Waals surface area contributed by atoms with Crippen LogP contribution in [0, 0.1) is 5.41 Å². The highest BCUT2D eigenvalue weighted by Crippen LogP contribution is 2.28. The third-order valence-corrected chi connectivity index (χ3v) is 4.55. The van der Waals surface area contributed by atoms with E-state index >= 15 is 0 Å². The van der Waals surface area contributed by atoms with Gasteiger partial charge in [-0.3, -0.25) is 14.4 Å². The van der Waals surface area contributed by atoms with Crippen LogP contribution in [0.3, 0.4) is 0 Å². The van der Waals surface area contributed by atoms with Crippen molar-refractivity contribution in [3.05, 3.63) is 28.8 Å². The lowest BCUT2D eigenvalue weighted by Crippen LogP contribution is -2.37. The Bertz CT molecular complexity index is 712. The van der Waals surface area contributed by atoms with Crippen molar-refractivity contribution in [2.75, 3.05) is 11.9 Å². The number of likely N-dealkylation sites (tertiary alicyclic amines) is 1. The maximum Gasteiger partial charge on any atom is 0.305 e. The van der Waals surface area contributed by atoms with Gasteiger partial charge in [0.15, 0.2) is 0 Å². The minimum absolute atomic E-state index is 0.0780. The highest BCUT2D eigenvalue weighted by atomic mass is 35.5. The van der Waals surface area contributed by atoms with E-state index in [9.17, 15) is 14.4 Å². The number of halogens is 1. The van der Waals surface area contributed by atoms with Crippen molar-refractivity contribution < 1.29 is 19.5 Å². The summed E-state index contributed by atoms with van der Waals surface area (Å²) in [5, 5.41) is 12.1. The Morgan fingerprint density at radius 2 is 2.00 bits per heavy atom. The number of carboxylic acid groups (broad SMARTS) is 1. The van der Waals surface area contributed by atoms with Crippen molar-refractivity contribution >= 4 is 35.1 Å². The van der Waals surface area contributed by atoms with E-state index < -0.39 is 5.97 Å². The molecular formula is C19H25ClN2O4. The van der Waals surface area contributed by atoms with Crippen molar-refractivity contribution in [1.29, 1.82) is 0 Å². The first kappa shape index (κ1) is 20.2. The average Bonchev–Trinajstić information content (AvgIpc) is 2.93. The van der Waals surface area contributed by atoms with Crippen LogP contribution < -0.4 is 5.32 Å². The standard InChI is InChI=1S/C19H25ClN2O4/c1-19(2,3)11-16(23)21-12-6-7-15(20)14(9-12)18(26)22-8-4-5-13(22)10-17(24)25/h6-7,9,13H,4-5,8,10-11H2,1-3H3,(H,21,23)(H,24,25). The van der Waals surface area contributed by atoms with Gasteiger partial charge in [-0.15, -0.1) is 0 Å².